The van der Waals surface area contributed by atoms with Gasteiger partial charge in [-0.15, -0.1) is 11.3 Å². The molecule has 0 radical (unpaired) electrons. The van der Waals surface area contributed by atoms with E-state index in [1.807, 2.05) is 5.38 Å². The summed E-state index contributed by atoms with van der Waals surface area (Å²) in [5.41, 5.74) is 0.775. The Hall–Kier alpha value is -2.67. The first-order chi connectivity index (χ1) is 14.0. The van der Waals surface area contributed by atoms with Gasteiger partial charge in [-0.3, -0.25) is 9.59 Å². The fourth-order valence-electron chi connectivity index (χ4n) is 3.35. The molecule has 29 heavy (non-hydrogen) atoms. The molecule has 0 bridgehead atoms. The zero-order valence-corrected chi connectivity index (χ0v) is 17.3. The van der Waals surface area contributed by atoms with E-state index in [1.165, 1.54) is 24.2 Å². The molecule has 154 valence electrons. The summed E-state index contributed by atoms with van der Waals surface area (Å²) < 4.78 is 5.34. The van der Waals surface area contributed by atoms with Crippen LogP contribution in [0.3, 0.4) is 0 Å². The zero-order chi connectivity index (χ0) is 20.6. The molecule has 0 aliphatic heterocycles. The number of nitrogens with one attached hydrogen (secondary N) is 2. The maximum absolute atomic E-state index is 12.5. The Bertz CT molecular complexity index is 842. The van der Waals surface area contributed by atoms with Gasteiger partial charge in [-0.1, -0.05) is 37.8 Å². The van der Waals surface area contributed by atoms with E-state index in [0.29, 0.717) is 10.6 Å². The van der Waals surface area contributed by atoms with E-state index in [-0.39, 0.29) is 23.4 Å². The van der Waals surface area contributed by atoms with E-state index in [4.69, 9.17) is 4.74 Å². The molecule has 1 aromatic carbocycles. The van der Waals surface area contributed by atoms with Gasteiger partial charge in [-0.25, -0.2) is 4.79 Å². The van der Waals surface area contributed by atoms with Crippen LogP contribution in [0, 0.1) is 0 Å². The smallest absolute Gasteiger partial charge is 0.338 e. The second kappa shape index (κ2) is 10.2. The predicted molar refractivity (Wildman–Crippen MR) is 113 cm³/mol. The Balaban J connectivity index is 1.55. The van der Waals surface area contributed by atoms with Crippen molar-refractivity contribution in [2.75, 3.05) is 5.32 Å². The highest BCUT2D eigenvalue weighted by Crippen LogP contribution is 2.18. The van der Waals surface area contributed by atoms with Gasteiger partial charge in [0.2, 0.25) is 0 Å². The molecule has 2 N–H and O–H groups in total. The van der Waals surface area contributed by atoms with Crippen LogP contribution in [0.15, 0.2) is 41.8 Å². The number of benzene rings is 1. The fourth-order valence-corrected chi connectivity index (χ4v) is 3.97. The highest BCUT2D eigenvalue weighted by Gasteiger charge is 2.22. The first-order valence-electron chi connectivity index (χ1n) is 9.99. The number of ether oxygens (including phenoxy) is 1. The summed E-state index contributed by atoms with van der Waals surface area (Å²) in [7, 11) is 0. The second-order valence-corrected chi connectivity index (χ2v) is 8.20. The molecular formula is C22H26N2O4S. The van der Waals surface area contributed by atoms with Gasteiger partial charge in [-0.05, 0) is 49.4 Å². The summed E-state index contributed by atoms with van der Waals surface area (Å²) >= 11 is 1.34. The van der Waals surface area contributed by atoms with Crippen LogP contribution in [-0.4, -0.2) is 29.9 Å². The Labute approximate surface area is 174 Å². The van der Waals surface area contributed by atoms with Crippen molar-refractivity contribution in [1.29, 1.82) is 0 Å². The Kier molecular flexibility index (Phi) is 7.41. The number of thiophene rings is 1. The third-order valence-corrected chi connectivity index (χ3v) is 5.82. The van der Waals surface area contributed by atoms with Crippen LogP contribution in [-0.2, 0) is 9.53 Å². The molecule has 1 fully saturated rings. The standard InChI is InChI=1S/C22H26N2O4S/c1-15(20(25)23-17-9-4-2-3-5-10-17)28-22(27)16-8-6-11-18(14-16)24-21(26)19-12-7-13-29-19/h6-8,11-15,17H,2-5,9-10H2,1H3,(H,23,25)(H,24,26)/t15-/m0/s1. The van der Waals surface area contributed by atoms with Gasteiger partial charge >= 0.3 is 5.97 Å². The van der Waals surface area contributed by atoms with Gasteiger partial charge in [0.05, 0.1) is 10.4 Å². The number of hydrogen-bond donors (Lipinski definition) is 2. The molecule has 1 aromatic heterocycles. The monoisotopic (exact) mass is 414 g/mol. The van der Waals surface area contributed by atoms with Crippen molar-refractivity contribution in [2.24, 2.45) is 0 Å². The first kappa shape index (κ1) is 21.0. The number of esters is 1. The Morgan fingerprint density at radius 2 is 1.83 bits per heavy atom. The predicted octanol–water partition coefficient (Wildman–Crippen LogP) is 4.38. The van der Waals surface area contributed by atoms with Crippen LogP contribution in [0.5, 0.6) is 0 Å². The van der Waals surface area contributed by atoms with Gasteiger partial charge in [0.1, 0.15) is 0 Å². The van der Waals surface area contributed by atoms with Crippen LogP contribution in [0.25, 0.3) is 0 Å². The summed E-state index contributed by atoms with van der Waals surface area (Å²) in [6.07, 6.45) is 5.70. The lowest BCUT2D eigenvalue weighted by Crippen LogP contribution is -2.41. The molecule has 3 rings (SSSR count). The summed E-state index contributed by atoms with van der Waals surface area (Å²) in [5.74, 6) is -1.10. The van der Waals surface area contributed by atoms with Gasteiger partial charge in [0.15, 0.2) is 6.10 Å². The van der Waals surface area contributed by atoms with Crippen molar-refractivity contribution in [3.05, 3.63) is 52.2 Å². The molecular weight excluding hydrogens is 388 g/mol. The molecule has 6 nitrogen and oxygen atoms in total. The van der Waals surface area contributed by atoms with Gasteiger partial charge in [0, 0.05) is 11.7 Å². The third kappa shape index (κ3) is 6.15. The molecule has 0 spiro atoms. The maximum Gasteiger partial charge on any atom is 0.338 e. The average molecular weight is 415 g/mol. The number of hydrogen-bond acceptors (Lipinski definition) is 5. The molecule has 2 amide bonds. The molecule has 1 aliphatic rings. The van der Waals surface area contributed by atoms with Crippen LogP contribution >= 0.6 is 11.3 Å². The summed E-state index contributed by atoms with van der Waals surface area (Å²) in [4.78, 5) is 37.6. The van der Waals surface area contributed by atoms with E-state index in [1.54, 1.807) is 43.3 Å². The lowest BCUT2D eigenvalue weighted by molar-refractivity contribution is -0.129. The van der Waals surface area contributed by atoms with Gasteiger partial charge < -0.3 is 15.4 Å². The maximum atomic E-state index is 12.5. The minimum absolute atomic E-state index is 0.155. The molecule has 7 heteroatoms. The number of carbonyl (C=O) groups is 3. The molecule has 1 heterocycles. The van der Waals surface area contributed by atoms with Crippen molar-refractivity contribution < 1.29 is 19.1 Å². The van der Waals surface area contributed by atoms with Crippen LogP contribution in [0.2, 0.25) is 0 Å². The van der Waals surface area contributed by atoms with Crippen molar-refractivity contribution in [3.8, 4) is 0 Å². The largest absolute Gasteiger partial charge is 0.449 e. The summed E-state index contributed by atoms with van der Waals surface area (Å²) in [6, 6.07) is 10.2. The molecule has 1 atom stereocenters. The Morgan fingerprint density at radius 3 is 2.52 bits per heavy atom. The average Bonchev–Trinajstić information content (AvgIpc) is 3.14. The van der Waals surface area contributed by atoms with Crippen LogP contribution in [0.4, 0.5) is 5.69 Å². The van der Waals surface area contributed by atoms with E-state index in [2.05, 4.69) is 10.6 Å². The molecule has 2 aromatic rings. The highest BCUT2D eigenvalue weighted by molar-refractivity contribution is 7.12. The molecule has 1 aliphatic carbocycles. The topological polar surface area (TPSA) is 84.5 Å². The van der Waals surface area contributed by atoms with E-state index in [9.17, 15) is 14.4 Å². The quantitative estimate of drug-likeness (QED) is 0.542. The minimum Gasteiger partial charge on any atom is -0.449 e. The van der Waals surface area contributed by atoms with E-state index >= 15 is 0 Å². The van der Waals surface area contributed by atoms with Crippen molar-refractivity contribution in [1.82, 2.24) is 5.32 Å². The van der Waals surface area contributed by atoms with E-state index < -0.39 is 12.1 Å². The summed E-state index contributed by atoms with van der Waals surface area (Å²) in [5, 5.41) is 7.58. The highest BCUT2D eigenvalue weighted by atomic mass is 32.1. The van der Waals surface area contributed by atoms with Gasteiger partial charge in [0.25, 0.3) is 11.8 Å². The molecule has 1 saturated carbocycles. The lowest BCUT2D eigenvalue weighted by Gasteiger charge is -2.19. The van der Waals surface area contributed by atoms with Crippen molar-refractivity contribution in [2.45, 2.75) is 57.6 Å². The Morgan fingerprint density at radius 1 is 1.07 bits per heavy atom. The van der Waals surface area contributed by atoms with Crippen LogP contribution in [0.1, 0.15) is 65.5 Å². The number of amides is 2. The first-order valence-corrected chi connectivity index (χ1v) is 10.9. The minimum atomic E-state index is -0.880. The molecule has 0 saturated heterocycles. The normalized spacial score (nSPS) is 15.8. The third-order valence-electron chi connectivity index (χ3n) is 4.96. The second-order valence-electron chi connectivity index (χ2n) is 7.26. The number of anilines is 1. The lowest BCUT2D eigenvalue weighted by atomic mass is 10.1. The number of rotatable bonds is 6. The van der Waals surface area contributed by atoms with Crippen molar-refractivity contribution >= 4 is 34.8 Å². The molecule has 0 unspecified atom stereocenters. The van der Waals surface area contributed by atoms with E-state index in [0.717, 1.165) is 25.7 Å². The number of carbonyl (C=O) groups excluding carboxylic acids is 3. The van der Waals surface area contributed by atoms with Crippen molar-refractivity contribution in [3.63, 3.8) is 0 Å². The fraction of sp³-hybridized carbons (Fsp3) is 0.409. The van der Waals surface area contributed by atoms with Crippen LogP contribution < -0.4 is 10.6 Å². The van der Waals surface area contributed by atoms with Gasteiger partial charge in [-0.2, -0.15) is 0 Å². The zero-order valence-electron chi connectivity index (χ0n) is 16.5. The summed E-state index contributed by atoms with van der Waals surface area (Å²) in [6.45, 7) is 1.58. The SMILES string of the molecule is C[C@H](OC(=O)c1cccc(NC(=O)c2cccs2)c1)C(=O)NC1CCCCCC1.